The van der Waals surface area contributed by atoms with Crippen LogP contribution in [0.1, 0.15) is 25.8 Å². The van der Waals surface area contributed by atoms with Gasteiger partial charge in [-0.2, -0.15) is 0 Å². The minimum atomic E-state index is -0.846. The molecular weight excluding hydrogens is 274 g/mol. The molecule has 0 bridgehead atoms. The van der Waals surface area contributed by atoms with E-state index in [1.54, 1.807) is 0 Å². The number of rotatable bonds is 4. The van der Waals surface area contributed by atoms with E-state index in [1.807, 2.05) is 32.0 Å². The predicted octanol–water partition coefficient (Wildman–Crippen LogP) is 3.08. The summed E-state index contributed by atoms with van der Waals surface area (Å²) in [6, 6.07) is 5.66. The van der Waals surface area contributed by atoms with E-state index in [0.29, 0.717) is 11.4 Å². The van der Waals surface area contributed by atoms with Crippen molar-refractivity contribution in [3.63, 3.8) is 0 Å². The molecule has 0 aliphatic heterocycles. The van der Waals surface area contributed by atoms with Crippen LogP contribution in [0.4, 0.5) is 5.69 Å². The molecule has 0 aromatic heterocycles. The fourth-order valence-corrected chi connectivity index (χ4v) is 3.17. The molecule has 0 radical (unpaired) electrons. The Kier molecular flexibility index (Phi) is 4.80. The van der Waals surface area contributed by atoms with Crippen molar-refractivity contribution in [3.05, 3.63) is 28.2 Å². The molecule has 1 rings (SSSR count). The van der Waals surface area contributed by atoms with E-state index < -0.39 is 10.8 Å². The quantitative estimate of drug-likeness (QED) is 0.866. The SMILES string of the molecule is CCC(C)S(=O)Cc1c(N)cccc1Br. The van der Waals surface area contributed by atoms with Crippen LogP contribution in [0.2, 0.25) is 0 Å². The molecule has 0 amide bonds. The van der Waals surface area contributed by atoms with Gasteiger partial charge in [-0.25, -0.2) is 0 Å². The molecule has 0 spiro atoms. The van der Waals surface area contributed by atoms with Crippen LogP contribution in [0.15, 0.2) is 22.7 Å². The van der Waals surface area contributed by atoms with E-state index >= 15 is 0 Å². The summed E-state index contributed by atoms with van der Waals surface area (Å²) in [5, 5.41) is 0.219. The number of halogens is 1. The van der Waals surface area contributed by atoms with E-state index in [0.717, 1.165) is 16.5 Å². The maximum Gasteiger partial charge on any atom is 0.0519 e. The van der Waals surface area contributed by atoms with Crippen LogP contribution in [-0.4, -0.2) is 9.46 Å². The van der Waals surface area contributed by atoms with Gasteiger partial charge in [0.05, 0.1) is 5.75 Å². The highest BCUT2D eigenvalue weighted by atomic mass is 79.9. The van der Waals surface area contributed by atoms with Crippen LogP contribution >= 0.6 is 15.9 Å². The lowest BCUT2D eigenvalue weighted by atomic mass is 10.2. The molecule has 1 aromatic rings. The lowest BCUT2D eigenvalue weighted by molar-refractivity contribution is 0.669. The second-order valence-corrected chi connectivity index (χ2v) is 6.26. The Hall–Kier alpha value is -0.350. The lowest BCUT2D eigenvalue weighted by Gasteiger charge is -2.11. The molecule has 15 heavy (non-hydrogen) atoms. The van der Waals surface area contributed by atoms with Gasteiger partial charge >= 0.3 is 0 Å². The molecule has 2 atom stereocenters. The summed E-state index contributed by atoms with van der Waals surface area (Å²) >= 11 is 3.43. The van der Waals surface area contributed by atoms with Crippen molar-refractivity contribution >= 4 is 32.4 Å². The maximum atomic E-state index is 11.9. The van der Waals surface area contributed by atoms with Crippen LogP contribution in [0.3, 0.4) is 0 Å². The predicted molar refractivity (Wildman–Crippen MR) is 70.2 cm³/mol. The van der Waals surface area contributed by atoms with Crippen LogP contribution in [0, 0.1) is 0 Å². The molecular formula is C11H16BrNOS. The lowest BCUT2D eigenvalue weighted by Crippen LogP contribution is -2.12. The van der Waals surface area contributed by atoms with Gasteiger partial charge in [0.25, 0.3) is 0 Å². The van der Waals surface area contributed by atoms with Crippen molar-refractivity contribution < 1.29 is 4.21 Å². The molecule has 2 nitrogen and oxygen atoms in total. The average molecular weight is 290 g/mol. The first-order valence-corrected chi connectivity index (χ1v) is 7.13. The van der Waals surface area contributed by atoms with Crippen molar-refractivity contribution in [2.75, 3.05) is 5.73 Å². The molecule has 0 aliphatic carbocycles. The van der Waals surface area contributed by atoms with Gasteiger partial charge in [0.15, 0.2) is 0 Å². The topological polar surface area (TPSA) is 43.1 Å². The zero-order valence-corrected chi connectivity index (χ0v) is 11.4. The zero-order valence-electron chi connectivity index (χ0n) is 9.00. The van der Waals surface area contributed by atoms with E-state index in [1.165, 1.54) is 0 Å². The molecule has 84 valence electrons. The highest BCUT2D eigenvalue weighted by Crippen LogP contribution is 2.24. The Balaban J connectivity index is 2.85. The Bertz CT molecular complexity index is 347. The third-order valence-electron chi connectivity index (χ3n) is 2.47. The van der Waals surface area contributed by atoms with E-state index in [4.69, 9.17) is 5.73 Å². The van der Waals surface area contributed by atoms with Gasteiger partial charge in [-0.3, -0.25) is 4.21 Å². The standard InChI is InChI=1S/C11H16BrNOS/c1-3-8(2)15(14)7-9-10(12)5-4-6-11(9)13/h4-6,8H,3,7,13H2,1-2H3. The van der Waals surface area contributed by atoms with Crippen LogP contribution in [0.25, 0.3) is 0 Å². The highest BCUT2D eigenvalue weighted by Gasteiger charge is 2.13. The molecule has 4 heteroatoms. The van der Waals surface area contributed by atoms with Crippen molar-refractivity contribution in [3.8, 4) is 0 Å². The molecule has 0 fully saturated rings. The summed E-state index contributed by atoms with van der Waals surface area (Å²) in [6.45, 7) is 4.05. The van der Waals surface area contributed by atoms with Crippen molar-refractivity contribution in [1.29, 1.82) is 0 Å². The Morgan fingerprint density at radius 1 is 1.53 bits per heavy atom. The monoisotopic (exact) mass is 289 g/mol. The molecule has 2 N–H and O–H groups in total. The van der Waals surface area contributed by atoms with Gasteiger partial charge in [0, 0.05) is 31.8 Å². The summed E-state index contributed by atoms with van der Waals surface area (Å²) in [7, 11) is -0.846. The summed E-state index contributed by atoms with van der Waals surface area (Å²) < 4.78 is 12.8. The van der Waals surface area contributed by atoms with Gasteiger partial charge in [0.1, 0.15) is 0 Å². The minimum Gasteiger partial charge on any atom is -0.398 e. The fourth-order valence-electron chi connectivity index (χ4n) is 1.20. The number of nitrogen functional groups attached to an aromatic ring is 1. The summed E-state index contributed by atoms with van der Waals surface area (Å²) in [5.74, 6) is 0.530. The fraction of sp³-hybridized carbons (Fsp3) is 0.455. The third-order valence-corrected chi connectivity index (χ3v) is 5.01. The maximum absolute atomic E-state index is 11.9. The van der Waals surface area contributed by atoms with Gasteiger partial charge in [-0.1, -0.05) is 35.8 Å². The first-order chi connectivity index (χ1) is 7.06. The Morgan fingerprint density at radius 2 is 2.20 bits per heavy atom. The molecule has 0 aliphatic rings. The van der Waals surface area contributed by atoms with Crippen LogP contribution in [0.5, 0.6) is 0 Å². The largest absolute Gasteiger partial charge is 0.398 e. The van der Waals surface area contributed by atoms with E-state index in [9.17, 15) is 4.21 Å². The second kappa shape index (κ2) is 5.66. The average Bonchev–Trinajstić information content (AvgIpc) is 2.22. The van der Waals surface area contributed by atoms with Gasteiger partial charge in [-0.05, 0) is 18.6 Å². The third kappa shape index (κ3) is 3.31. The molecule has 0 heterocycles. The second-order valence-electron chi connectivity index (χ2n) is 3.55. The van der Waals surface area contributed by atoms with Gasteiger partial charge < -0.3 is 5.73 Å². The van der Waals surface area contributed by atoms with Crippen LogP contribution < -0.4 is 5.73 Å². The Morgan fingerprint density at radius 3 is 2.73 bits per heavy atom. The number of hydrogen-bond donors (Lipinski definition) is 1. The van der Waals surface area contributed by atoms with Crippen molar-refractivity contribution in [2.24, 2.45) is 0 Å². The molecule has 0 saturated carbocycles. The smallest absolute Gasteiger partial charge is 0.0519 e. The number of benzene rings is 1. The molecule has 2 unspecified atom stereocenters. The Labute approximate surface area is 102 Å². The molecule has 1 aromatic carbocycles. The van der Waals surface area contributed by atoms with E-state index in [2.05, 4.69) is 15.9 Å². The van der Waals surface area contributed by atoms with Crippen molar-refractivity contribution in [2.45, 2.75) is 31.3 Å². The van der Waals surface area contributed by atoms with E-state index in [-0.39, 0.29) is 5.25 Å². The summed E-state index contributed by atoms with van der Waals surface area (Å²) in [6.07, 6.45) is 0.928. The van der Waals surface area contributed by atoms with Gasteiger partial charge in [-0.15, -0.1) is 0 Å². The first-order valence-electron chi connectivity index (χ1n) is 4.96. The number of nitrogens with two attached hydrogens (primary N) is 1. The number of hydrogen-bond acceptors (Lipinski definition) is 2. The van der Waals surface area contributed by atoms with Gasteiger partial charge in [0.2, 0.25) is 0 Å². The first kappa shape index (κ1) is 12.7. The number of anilines is 1. The molecule has 0 saturated heterocycles. The minimum absolute atomic E-state index is 0.219. The normalized spacial score (nSPS) is 14.9. The van der Waals surface area contributed by atoms with Crippen LogP contribution in [-0.2, 0) is 16.6 Å². The zero-order chi connectivity index (χ0) is 11.4. The van der Waals surface area contributed by atoms with Crippen molar-refractivity contribution in [1.82, 2.24) is 0 Å². The summed E-state index contributed by atoms with van der Waals surface area (Å²) in [4.78, 5) is 0. The summed E-state index contributed by atoms with van der Waals surface area (Å²) in [5.41, 5.74) is 7.51. The highest BCUT2D eigenvalue weighted by molar-refractivity contribution is 9.10.